The first-order chi connectivity index (χ1) is 9.33. The van der Waals surface area contributed by atoms with Crippen molar-refractivity contribution in [2.75, 3.05) is 33.8 Å². The number of benzene rings is 1. The molecule has 1 saturated heterocycles. The Hall–Kier alpha value is -1.55. The fourth-order valence-electron chi connectivity index (χ4n) is 2.49. The highest BCUT2D eigenvalue weighted by molar-refractivity contribution is 5.79. The Morgan fingerprint density at radius 2 is 2.21 bits per heavy atom. The van der Waals surface area contributed by atoms with Gasteiger partial charge in [0, 0.05) is 33.1 Å². The molecule has 1 aliphatic rings. The standard InChI is InChI=1S/C15H23N3O/c1-16-15(17-2)18-9-8-14(10-18)12-19-11-13-6-4-3-5-7-13/h3-7,14H,8-12H2,1-2H3,(H,16,17). The van der Waals surface area contributed by atoms with Crippen LogP contribution in [0.4, 0.5) is 0 Å². The third-order valence-corrected chi connectivity index (χ3v) is 3.49. The summed E-state index contributed by atoms with van der Waals surface area (Å²) in [4.78, 5) is 6.53. The Kier molecular flexibility index (Phi) is 5.21. The van der Waals surface area contributed by atoms with Gasteiger partial charge in [-0.05, 0) is 12.0 Å². The maximum Gasteiger partial charge on any atom is 0.193 e. The van der Waals surface area contributed by atoms with E-state index in [1.165, 1.54) is 12.0 Å². The summed E-state index contributed by atoms with van der Waals surface area (Å²) >= 11 is 0. The Bertz CT molecular complexity index is 405. The highest BCUT2D eigenvalue weighted by atomic mass is 16.5. The maximum absolute atomic E-state index is 5.81. The second kappa shape index (κ2) is 7.14. The van der Waals surface area contributed by atoms with Gasteiger partial charge in [-0.25, -0.2) is 0 Å². The van der Waals surface area contributed by atoms with E-state index in [0.717, 1.165) is 25.7 Å². The molecule has 4 heteroatoms. The summed E-state index contributed by atoms with van der Waals surface area (Å²) in [7, 11) is 3.74. The second-order valence-corrected chi connectivity index (χ2v) is 4.90. The molecule has 1 N–H and O–H groups in total. The molecule has 0 spiro atoms. The van der Waals surface area contributed by atoms with E-state index in [1.54, 1.807) is 0 Å². The Morgan fingerprint density at radius 3 is 2.89 bits per heavy atom. The van der Waals surface area contributed by atoms with Gasteiger partial charge < -0.3 is 15.0 Å². The fraction of sp³-hybridized carbons (Fsp3) is 0.533. The SMILES string of the molecule is CN=C(NC)N1CCC(COCc2ccccc2)C1. The second-order valence-electron chi connectivity index (χ2n) is 4.90. The average Bonchev–Trinajstić information content (AvgIpc) is 2.90. The predicted molar refractivity (Wildman–Crippen MR) is 78.2 cm³/mol. The van der Waals surface area contributed by atoms with Gasteiger partial charge >= 0.3 is 0 Å². The molecule has 1 heterocycles. The van der Waals surface area contributed by atoms with E-state index in [4.69, 9.17) is 4.74 Å². The molecule has 4 nitrogen and oxygen atoms in total. The molecular weight excluding hydrogens is 238 g/mol. The molecular formula is C15H23N3O. The molecule has 0 amide bonds. The summed E-state index contributed by atoms with van der Waals surface area (Å²) in [6.45, 7) is 3.62. The normalized spacial score (nSPS) is 19.8. The molecule has 2 rings (SSSR count). The largest absolute Gasteiger partial charge is 0.376 e. The van der Waals surface area contributed by atoms with Crippen LogP contribution in [0, 0.1) is 5.92 Å². The van der Waals surface area contributed by atoms with E-state index in [1.807, 2.05) is 32.3 Å². The number of nitrogens with one attached hydrogen (secondary N) is 1. The van der Waals surface area contributed by atoms with Crippen molar-refractivity contribution in [3.8, 4) is 0 Å². The number of guanidine groups is 1. The topological polar surface area (TPSA) is 36.9 Å². The van der Waals surface area contributed by atoms with Crippen LogP contribution in [0.1, 0.15) is 12.0 Å². The van der Waals surface area contributed by atoms with Crippen LogP contribution in [0.25, 0.3) is 0 Å². The molecule has 0 aliphatic carbocycles. The lowest BCUT2D eigenvalue weighted by Crippen LogP contribution is -2.38. The number of ether oxygens (including phenoxy) is 1. The van der Waals surface area contributed by atoms with Crippen LogP contribution in [-0.4, -0.2) is 44.7 Å². The van der Waals surface area contributed by atoms with Crippen molar-refractivity contribution >= 4 is 5.96 Å². The summed E-state index contributed by atoms with van der Waals surface area (Å²) in [6.07, 6.45) is 1.18. The predicted octanol–water partition coefficient (Wildman–Crippen LogP) is 1.73. The van der Waals surface area contributed by atoms with E-state index in [0.29, 0.717) is 12.5 Å². The van der Waals surface area contributed by atoms with Gasteiger partial charge in [0.2, 0.25) is 0 Å². The number of rotatable bonds is 4. The first-order valence-electron chi connectivity index (χ1n) is 6.84. The van der Waals surface area contributed by atoms with Gasteiger partial charge in [-0.2, -0.15) is 0 Å². The van der Waals surface area contributed by atoms with Crippen LogP contribution < -0.4 is 5.32 Å². The summed E-state index contributed by atoms with van der Waals surface area (Å²) < 4.78 is 5.81. The van der Waals surface area contributed by atoms with Gasteiger partial charge in [-0.15, -0.1) is 0 Å². The minimum atomic E-state index is 0.605. The summed E-state index contributed by atoms with van der Waals surface area (Å²) in [5, 5.41) is 3.13. The molecule has 0 aromatic heterocycles. The molecule has 104 valence electrons. The van der Waals surface area contributed by atoms with Crippen molar-refractivity contribution in [3.05, 3.63) is 35.9 Å². The van der Waals surface area contributed by atoms with Gasteiger partial charge in [0.05, 0.1) is 13.2 Å². The molecule has 1 atom stereocenters. The minimum absolute atomic E-state index is 0.605. The lowest BCUT2D eigenvalue weighted by molar-refractivity contribution is 0.0907. The highest BCUT2D eigenvalue weighted by Crippen LogP contribution is 2.17. The number of nitrogens with zero attached hydrogens (tertiary/aromatic N) is 2. The van der Waals surface area contributed by atoms with Crippen LogP contribution in [-0.2, 0) is 11.3 Å². The van der Waals surface area contributed by atoms with Gasteiger partial charge in [-0.1, -0.05) is 30.3 Å². The molecule has 1 aliphatic heterocycles. The first kappa shape index (κ1) is 13.9. The highest BCUT2D eigenvalue weighted by Gasteiger charge is 2.24. The van der Waals surface area contributed by atoms with E-state index < -0.39 is 0 Å². The Balaban J connectivity index is 1.71. The van der Waals surface area contributed by atoms with Crippen LogP contribution in [0.3, 0.4) is 0 Å². The number of likely N-dealkylation sites (tertiary alicyclic amines) is 1. The monoisotopic (exact) mass is 261 g/mol. The summed E-state index contributed by atoms with van der Waals surface area (Å²) in [5.74, 6) is 1.58. The quantitative estimate of drug-likeness (QED) is 0.662. The van der Waals surface area contributed by atoms with Crippen molar-refractivity contribution in [1.82, 2.24) is 10.2 Å². The summed E-state index contributed by atoms with van der Waals surface area (Å²) in [5.41, 5.74) is 1.24. The van der Waals surface area contributed by atoms with Crippen LogP contribution >= 0.6 is 0 Å². The molecule has 19 heavy (non-hydrogen) atoms. The van der Waals surface area contributed by atoms with Gasteiger partial charge in [0.25, 0.3) is 0 Å². The van der Waals surface area contributed by atoms with Crippen molar-refractivity contribution in [2.45, 2.75) is 13.0 Å². The van der Waals surface area contributed by atoms with Crippen molar-refractivity contribution in [2.24, 2.45) is 10.9 Å². The molecule has 0 radical (unpaired) electrons. The number of hydrogen-bond acceptors (Lipinski definition) is 2. The lowest BCUT2D eigenvalue weighted by atomic mass is 10.1. The van der Waals surface area contributed by atoms with Gasteiger partial charge in [-0.3, -0.25) is 4.99 Å². The zero-order chi connectivity index (χ0) is 13.5. The molecule has 1 aromatic rings. The smallest absolute Gasteiger partial charge is 0.193 e. The first-order valence-corrected chi connectivity index (χ1v) is 6.84. The molecule has 1 aromatic carbocycles. The van der Waals surface area contributed by atoms with Crippen molar-refractivity contribution < 1.29 is 4.74 Å². The van der Waals surface area contributed by atoms with Crippen LogP contribution in [0.15, 0.2) is 35.3 Å². The molecule has 1 fully saturated rings. The van der Waals surface area contributed by atoms with Crippen LogP contribution in [0.2, 0.25) is 0 Å². The van der Waals surface area contributed by atoms with E-state index in [2.05, 4.69) is 27.3 Å². The summed E-state index contributed by atoms with van der Waals surface area (Å²) in [6, 6.07) is 10.3. The lowest BCUT2D eigenvalue weighted by Gasteiger charge is -2.19. The molecule has 0 bridgehead atoms. The van der Waals surface area contributed by atoms with Crippen LogP contribution in [0.5, 0.6) is 0 Å². The maximum atomic E-state index is 5.81. The molecule has 1 unspecified atom stereocenters. The third kappa shape index (κ3) is 3.96. The Morgan fingerprint density at radius 1 is 1.42 bits per heavy atom. The van der Waals surface area contributed by atoms with E-state index in [-0.39, 0.29) is 0 Å². The minimum Gasteiger partial charge on any atom is -0.376 e. The van der Waals surface area contributed by atoms with E-state index in [9.17, 15) is 0 Å². The van der Waals surface area contributed by atoms with Crippen molar-refractivity contribution in [3.63, 3.8) is 0 Å². The number of hydrogen-bond donors (Lipinski definition) is 1. The van der Waals surface area contributed by atoms with Gasteiger partial charge in [0.1, 0.15) is 0 Å². The average molecular weight is 261 g/mol. The zero-order valence-electron chi connectivity index (χ0n) is 11.8. The molecule has 0 saturated carbocycles. The fourth-order valence-corrected chi connectivity index (χ4v) is 2.49. The Labute approximate surface area is 115 Å². The van der Waals surface area contributed by atoms with Crippen molar-refractivity contribution in [1.29, 1.82) is 0 Å². The van der Waals surface area contributed by atoms with Gasteiger partial charge in [0.15, 0.2) is 5.96 Å². The zero-order valence-corrected chi connectivity index (χ0v) is 11.8. The number of aliphatic imine (C=N–C) groups is 1. The third-order valence-electron chi connectivity index (χ3n) is 3.49. The van der Waals surface area contributed by atoms with E-state index >= 15 is 0 Å².